The van der Waals surface area contributed by atoms with Crippen LogP contribution in [-0.2, 0) is 0 Å². The van der Waals surface area contributed by atoms with Crippen LogP contribution in [0.5, 0.6) is 0 Å². The first-order valence-corrected chi connectivity index (χ1v) is 19.4. The van der Waals surface area contributed by atoms with E-state index in [1.165, 1.54) is 38.1 Å². The van der Waals surface area contributed by atoms with E-state index in [0.29, 0.717) is 0 Å². The lowest BCUT2D eigenvalue weighted by Crippen LogP contribution is -2.14. The summed E-state index contributed by atoms with van der Waals surface area (Å²) >= 11 is 0. The molecule has 3 heteroatoms. The van der Waals surface area contributed by atoms with Crippen LogP contribution in [0.3, 0.4) is 0 Å². The number of nitrogens with zero attached hydrogens (tertiary/aromatic N) is 2. The molecule has 0 saturated heterocycles. The molecule has 0 bridgehead atoms. The van der Waals surface area contributed by atoms with Crippen molar-refractivity contribution in [1.29, 1.82) is 0 Å². The maximum atomic E-state index is 6.51. The zero-order chi connectivity index (χ0) is 37.7. The Morgan fingerprint density at radius 2 is 0.825 bits per heavy atom. The summed E-state index contributed by atoms with van der Waals surface area (Å²) in [5.41, 5.74) is 10.5. The summed E-state index contributed by atoms with van der Waals surface area (Å²) in [5, 5.41) is 9.46. The molecule has 0 unspecified atom stereocenters. The maximum absolute atomic E-state index is 6.51. The van der Waals surface area contributed by atoms with Crippen LogP contribution in [0.25, 0.3) is 65.4 Å². The van der Waals surface area contributed by atoms with Crippen LogP contribution in [0, 0.1) is 0 Å². The van der Waals surface area contributed by atoms with E-state index >= 15 is 0 Å². The number of furan rings is 1. The second-order valence-electron chi connectivity index (χ2n) is 14.5. The van der Waals surface area contributed by atoms with Crippen molar-refractivity contribution < 1.29 is 4.42 Å². The third-order valence-corrected chi connectivity index (χ3v) is 11.2. The molecule has 0 N–H and O–H groups in total. The number of rotatable bonds is 7. The predicted octanol–water partition coefficient (Wildman–Crippen LogP) is 15.7. The molecule has 268 valence electrons. The molecule has 57 heavy (non-hydrogen) atoms. The number of anilines is 6. The van der Waals surface area contributed by atoms with Crippen LogP contribution in [0.4, 0.5) is 34.1 Å². The quantitative estimate of drug-likeness (QED) is 0.152. The third-order valence-electron chi connectivity index (χ3n) is 11.2. The molecule has 0 radical (unpaired) electrons. The van der Waals surface area contributed by atoms with Gasteiger partial charge in [0.1, 0.15) is 11.2 Å². The average molecular weight is 729 g/mol. The summed E-state index contributed by atoms with van der Waals surface area (Å²) in [7, 11) is 0. The smallest absolute Gasteiger partial charge is 0.137 e. The summed E-state index contributed by atoms with van der Waals surface area (Å²) in [6.07, 6.45) is 0. The van der Waals surface area contributed by atoms with Crippen molar-refractivity contribution in [2.24, 2.45) is 0 Å². The number of benzene rings is 10. The van der Waals surface area contributed by atoms with Gasteiger partial charge in [-0.25, -0.2) is 0 Å². The van der Waals surface area contributed by atoms with Gasteiger partial charge in [0, 0.05) is 50.7 Å². The van der Waals surface area contributed by atoms with Crippen molar-refractivity contribution in [3.8, 4) is 11.1 Å². The largest absolute Gasteiger partial charge is 0.456 e. The third kappa shape index (κ3) is 5.68. The van der Waals surface area contributed by atoms with E-state index in [2.05, 4.69) is 216 Å². The van der Waals surface area contributed by atoms with E-state index in [4.69, 9.17) is 4.42 Å². The fourth-order valence-corrected chi connectivity index (χ4v) is 8.55. The fourth-order valence-electron chi connectivity index (χ4n) is 8.55. The maximum Gasteiger partial charge on any atom is 0.137 e. The first-order chi connectivity index (χ1) is 28.3. The monoisotopic (exact) mass is 728 g/mol. The Balaban J connectivity index is 1.20. The normalized spacial score (nSPS) is 11.5. The Morgan fingerprint density at radius 1 is 0.281 bits per heavy atom. The fraction of sp³-hybridized carbons (Fsp3) is 0. The first-order valence-electron chi connectivity index (χ1n) is 19.4. The second kappa shape index (κ2) is 13.6. The van der Waals surface area contributed by atoms with E-state index in [1.54, 1.807) is 0 Å². The van der Waals surface area contributed by atoms with E-state index in [-0.39, 0.29) is 0 Å². The molecule has 0 aliphatic heterocycles. The van der Waals surface area contributed by atoms with Gasteiger partial charge in [-0.1, -0.05) is 146 Å². The Hall–Kier alpha value is -7.62. The molecule has 0 amide bonds. The lowest BCUT2D eigenvalue weighted by molar-refractivity contribution is 0.669. The molecular weight excluding hydrogens is 693 g/mol. The SMILES string of the molecule is c1ccc(-c2ccc(N(c3ccccc3)c3cc(N(c4ccccc4)c4ccc5c(c4)oc4ccccc45)c4c(ccc5c6ccccc6ccc54)c3)cc2)cc1. The topological polar surface area (TPSA) is 19.6 Å². The molecule has 3 nitrogen and oxygen atoms in total. The van der Waals surface area contributed by atoms with E-state index in [0.717, 1.165) is 61.4 Å². The molecule has 10 aromatic carbocycles. The summed E-state index contributed by atoms with van der Waals surface area (Å²) in [6.45, 7) is 0. The number of para-hydroxylation sites is 3. The van der Waals surface area contributed by atoms with Crippen LogP contribution in [0.2, 0.25) is 0 Å². The molecule has 1 heterocycles. The molecule has 0 fully saturated rings. The van der Waals surface area contributed by atoms with Crippen molar-refractivity contribution in [2.45, 2.75) is 0 Å². The van der Waals surface area contributed by atoms with E-state index in [9.17, 15) is 0 Å². The lowest BCUT2D eigenvalue weighted by atomic mass is 9.94. The Bertz CT molecular complexity index is 3230. The van der Waals surface area contributed by atoms with Gasteiger partial charge in [-0.3, -0.25) is 0 Å². The zero-order valence-corrected chi connectivity index (χ0v) is 31.1. The van der Waals surface area contributed by atoms with Crippen LogP contribution >= 0.6 is 0 Å². The number of hydrogen-bond acceptors (Lipinski definition) is 3. The van der Waals surface area contributed by atoms with Crippen molar-refractivity contribution in [2.75, 3.05) is 9.80 Å². The van der Waals surface area contributed by atoms with Gasteiger partial charge in [-0.2, -0.15) is 0 Å². The highest BCUT2D eigenvalue weighted by Crippen LogP contribution is 2.48. The van der Waals surface area contributed by atoms with Gasteiger partial charge in [0.25, 0.3) is 0 Å². The summed E-state index contributed by atoms with van der Waals surface area (Å²) < 4.78 is 6.51. The average Bonchev–Trinajstić information content (AvgIpc) is 3.65. The van der Waals surface area contributed by atoms with Gasteiger partial charge in [-0.05, 0) is 105 Å². The Labute approximate surface area is 330 Å². The van der Waals surface area contributed by atoms with Crippen LogP contribution in [-0.4, -0.2) is 0 Å². The molecule has 11 aromatic rings. The Kier molecular flexibility index (Phi) is 7.82. The van der Waals surface area contributed by atoms with Crippen molar-refractivity contribution in [1.82, 2.24) is 0 Å². The molecule has 0 saturated carbocycles. The molecule has 11 rings (SSSR count). The standard InChI is InChI=1S/C54H36N2O/c1-4-14-37(15-5-1)38-24-28-43(29-25-38)55(41-17-6-2-7-18-41)45-34-40-27-31-47-46-21-11-10-16-39(46)26-32-50(47)54(40)51(35-45)56(42-19-8-3-9-20-42)44-30-33-49-48-22-12-13-23-52(48)57-53(49)36-44/h1-36H. The molecular formula is C54H36N2O. The Morgan fingerprint density at radius 3 is 1.60 bits per heavy atom. The zero-order valence-electron chi connectivity index (χ0n) is 31.1. The minimum atomic E-state index is 0.857. The molecule has 0 aliphatic rings. The van der Waals surface area contributed by atoms with E-state index < -0.39 is 0 Å². The minimum absolute atomic E-state index is 0.857. The molecule has 0 spiro atoms. The van der Waals surface area contributed by atoms with Gasteiger partial charge in [0.15, 0.2) is 0 Å². The highest BCUT2D eigenvalue weighted by Gasteiger charge is 2.23. The number of fused-ring (bicyclic) bond motifs is 8. The van der Waals surface area contributed by atoms with E-state index in [1.807, 2.05) is 12.1 Å². The van der Waals surface area contributed by atoms with Crippen molar-refractivity contribution in [3.63, 3.8) is 0 Å². The van der Waals surface area contributed by atoms with Gasteiger partial charge >= 0.3 is 0 Å². The van der Waals surface area contributed by atoms with Crippen LogP contribution in [0.1, 0.15) is 0 Å². The van der Waals surface area contributed by atoms with Gasteiger partial charge in [0.2, 0.25) is 0 Å². The first kappa shape index (κ1) is 32.8. The lowest BCUT2D eigenvalue weighted by Gasteiger charge is -2.31. The van der Waals surface area contributed by atoms with Crippen LogP contribution < -0.4 is 9.80 Å². The highest BCUT2D eigenvalue weighted by molar-refractivity contribution is 6.22. The van der Waals surface area contributed by atoms with Gasteiger partial charge in [0.05, 0.1) is 5.69 Å². The van der Waals surface area contributed by atoms with Crippen molar-refractivity contribution >= 4 is 88.4 Å². The summed E-state index contributed by atoms with van der Waals surface area (Å²) in [4.78, 5) is 4.77. The minimum Gasteiger partial charge on any atom is -0.456 e. The number of hydrogen-bond donors (Lipinski definition) is 0. The molecule has 0 atom stereocenters. The summed E-state index contributed by atoms with van der Waals surface area (Å²) in [5.74, 6) is 0. The van der Waals surface area contributed by atoms with Gasteiger partial charge < -0.3 is 14.2 Å². The predicted molar refractivity (Wildman–Crippen MR) is 241 cm³/mol. The van der Waals surface area contributed by atoms with Crippen molar-refractivity contribution in [3.05, 3.63) is 218 Å². The molecule has 1 aromatic heterocycles. The van der Waals surface area contributed by atoms with Crippen LogP contribution in [0.15, 0.2) is 223 Å². The summed E-state index contributed by atoms with van der Waals surface area (Å²) in [6, 6.07) is 78.3. The second-order valence-corrected chi connectivity index (χ2v) is 14.5. The molecule has 0 aliphatic carbocycles. The van der Waals surface area contributed by atoms with Gasteiger partial charge in [-0.15, -0.1) is 0 Å². The highest BCUT2D eigenvalue weighted by atomic mass is 16.3.